The first-order chi connectivity index (χ1) is 25.8. The minimum Gasteiger partial charge on any atom is -0.497 e. The summed E-state index contributed by atoms with van der Waals surface area (Å²) in [5.41, 5.74) is 1.64. The summed E-state index contributed by atoms with van der Waals surface area (Å²) in [7, 11) is -0.107. The van der Waals surface area contributed by atoms with E-state index in [1.165, 1.54) is 17.2 Å². The fourth-order valence-corrected chi connectivity index (χ4v) is 6.88. The quantitative estimate of drug-likeness (QED) is 0.100. The SMILES string of the molecule is COc1ccc(C(OC[C@H]2O[C@@H](n3cnc4c(NC(=O)c5ccccc5)ncnc43)[C@H](O[P+](=O)O)[C@@H]2F)(c2ccccc2)c2ccc(OC)cc2)cc1. The molecule has 0 radical (unpaired) electrons. The van der Waals surface area contributed by atoms with Crippen molar-refractivity contribution in [2.45, 2.75) is 30.2 Å². The number of carbonyl (C=O) groups excluding carboxylic acids is 1. The predicted octanol–water partition coefficient (Wildman–Crippen LogP) is 6.37. The summed E-state index contributed by atoms with van der Waals surface area (Å²) in [4.78, 5) is 35.6. The first-order valence-electron chi connectivity index (χ1n) is 16.5. The number of methoxy groups -OCH3 is 2. The molecule has 0 aliphatic carbocycles. The van der Waals surface area contributed by atoms with Crippen molar-refractivity contribution in [3.8, 4) is 11.5 Å². The van der Waals surface area contributed by atoms with Crippen molar-refractivity contribution in [2.24, 2.45) is 0 Å². The Kier molecular flexibility index (Phi) is 10.5. The van der Waals surface area contributed by atoms with Crippen molar-refractivity contribution in [2.75, 3.05) is 26.1 Å². The zero-order valence-corrected chi connectivity index (χ0v) is 29.4. The number of halogens is 1. The molecule has 6 aromatic rings. The highest BCUT2D eigenvalue weighted by Gasteiger charge is 2.53. The molecular weight excluding hydrogens is 704 g/mol. The number of imidazole rings is 1. The van der Waals surface area contributed by atoms with Gasteiger partial charge in [0.05, 0.1) is 27.2 Å². The Labute approximate surface area is 304 Å². The van der Waals surface area contributed by atoms with E-state index in [0.29, 0.717) is 28.2 Å². The van der Waals surface area contributed by atoms with Crippen LogP contribution in [0.15, 0.2) is 122 Å². The molecule has 0 bridgehead atoms. The number of carbonyl (C=O) groups is 1. The number of anilines is 1. The number of aromatic nitrogens is 4. The molecule has 0 saturated carbocycles. The standard InChI is InChI=1S/C38H33FN5O8P/c1-48-28-17-13-26(14-18-28)38(25-11-7-4-8-12-25,27-15-19-29(49-2)20-16-27)50-21-30-31(39)33(52-53(46)47)37(51-30)44-23-42-32-34(40-22-41-35(32)44)43-36(45)24-9-5-3-6-10-24/h3-20,22-23,30-31,33,37H,21H2,1-2H3,(H-,40,41,43,45,46,47)/p+1/t30-,31-,33-,37-/m1/s1. The molecule has 3 heterocycles. The molecule has 5 atom stereocenters. The minimum atomic E-state index is -3.25. The highest BCUT2D eigenvalue weighted by Crippen LogP contribution is 2.44. The van der Waals surface area contributed by atoms with Crippen molar-refractivity contribution in [3.05, 3.63) is 144 Å². The Morgan fingerprint density at radius 1 is 0.868 bits per heavy atom. The summed E-state index contributed by atoms with van der Waals surface area (Å²) < 4.78 is 59.2. The van der Waals surface area contributed by atoms with Gasteiger partial charge >= 0.3 is 8.25 Å². The van der Waals surface area contributed by atoms with Crippen LogP contribution in [-0.2, 0) is 24.2 Å². The van der Waals surface area contributed by atoms with E-state index in [0.717, 1.165) is 5.56 Å². The van der Waals surface area contributed by atoms with Gasteiger partial charge in [0.1, 0.15) is 29.5 Å². The summed E-state index contributed by atoms with van der Waals surface area (Å²) in [5.74, 6) is 0.948. The first-order valence-corrected chi connectivity index (χ1v) is 17.6. The smallest absolute Gasteiger partial charge is 0.497 e. The molecule has 53 heavy (non-hydrogen) atoms. The molecule has 4 aromatic carbocycles. The van der Waals surface area contributed by atoms with E-state index >= 15 is 4.39 Å². The van der Waals surface area contributed by atoms with Crippen LogP contribution in [0.2, 0.25) is 0 Å². The van der Waals surface area contributed by atoms with E-state index < -0.39 is 44.4 Å². The number of rotatable bonds is 13. The van der Waals surface area contributed by atoms with Crippen LogP contribution in [0.1, 0.15) is 33.3 Å². The van der Waals surface area contributed by atoms with Crippen molar-refractivity contribution < 1.29 is 42.1 Å². The fourth-order valence-electron chi connectivity index (χ4n) is 6.45. The number of amides is 1. The molecule has 270 valence electrons. The van der Waals surface area contributed by atoms with Crippen molar-refractivity contribution in [1.29, 1.82) is 0 Å². The number of alkyl halides is 1. The molecule has 1 aliphatic heterocycles. The van der Waals surface area contributed by atoms with Gasteiger partial charge in [-0.25, -0.2) is 19.3 Å². The van der Waals surface area contributed by atoms with Crippen LogP contribution in [0.25, 0.3) is 11.2 Å². The maximum Gasteiger partial charge on any atom is 0.695 e. The average molecular weight is 739 g/mol. The summed E-state index contributed by atoms with van der Waals surface area (Å²) in [6.07, 6.45) is -3.58. The lowest BCUT2D eigenvalue weighted by Gasteiger charge is -2.37. The van der Waals surface area contributed by atoms with Crippen LogP contribution in [0.4, 0.5) is 10.2 Å². The normalized spacial score (nSPS) is 18.8. The maximum atomic E-state index is 16.5. The molecule has 13 nitrogen and oxygen atoms in total. The summed E-state index contributed by atoms with van der Waals surface area (Å²) in [6.45, 7) is -0.327. The molecule has 7 rings (SSSR count). The molecule has 1 unspecified atom stereocenters. The van der Waals surface area contributed by atoms with E-state index in [-0.39, 0.29) is 23.6 Å². The van der Waals surface area contributed by atoms with Crippen molar-refractivity contribution in [3.63, 3.8) is 0 Å². The van der Waals surface area contributed by atoms with E-state index in [2.05, 4.69) is 20.3 Å². The predicted molar refractivity (Wildman–Crippen MR) is 191 cm³/mol. The lowest BCUT2D eigenvalue weighted by atomic mass is 9.80. The Hall–Kier alpha value is -5.63. The van der Waals surface area contributed by atoms with Crippen molar-refractivity contribution >= 4 is 31.1 Å². The van der Waals surface area contributed by atoms with Gasteiger partial charge in [-0.2, -0.15) is 0 Å². The molecule has 15 heteroatoms. The second kappa shape index (κ2) is 15.5. The molecule has 0 spiro atoms. The largest absolute Gasteiger partial charge is 0.695 e. The van der Waals surface area contributed by atoms with Crippen LogP contribution < -0.4 is 14.8 Å². The zero-order valence-electron chi connectivity index (χ0n) is 28.5. The monoisotopic (exact) mass is 738 g/mol. The summed E-state index contributed by atoms with van der Waals surface area (Å²) >= 11 is 0. The van der Waals surface area contributed by atoms with Gasteiger partial charge in [-0.3, -0.25) is 9.36 Å². The zero-order chi connectivity index (χ0) is 37.0. The number of fused-ring (bicyclic) bond motifs is 1. The van der Waals surface area contributed by atoms with Gasteiger partial charge in [-0.05, 0) is 53.1 Å². The fraction of sp³-hybridized carbons (Fsp3) is 0.211. The Morgan fingerprint density at radius 2 is 1.45 bits per heavy atom. The molecule has 1 amide bonds. The third-order valence-corrected chi connectivity index (χ3v) is 9.44. The lowest BCUT2D eigenvalue weighted by molar-refractivity contribution is -0.0885. The number of ether oxygens (including phenoxy) is 4. The molecule has 1 aliphatic rings. The van der Waals surface area contributed by atoms with E-state index in [4.69, 9.17) is 23.5 Å². The van der Waals surface area contributed by atoms with Gasteiger partial charge in [-0.1, -0.05) is 72.8 Å². The van der Waals surface area contributed by atoms with Gasteiger partial charge in [0.25, 0.3) is 5.91 Å². The van der Waals surface area contributed by atoms with Crippen LogP contribution in [0.5, 0.6) is 11.5 Å². The third-order valence-electron chi connectivity index (χ3n) is 9.01. The second-order valence-electron chi connectivity index (χ2n) is 12.0. The minimum absolute atomic E-state index is 0.106. The van der Waals surface area contributed by atoms with Gasteiger partial charge in [-0.15, -0.1) is 9.42 Å². The van der Waals surface area contributed by atoms with E-state index in [1.54, 1.807) is 44.6 Å². The Morgan fingerprint density at radius 3 is 2.04 bits per heavy atom. The van der Waals surface area contributed by atoms with Crippen LogP contribution in [0, 0.1) is 0 Å². The molecule has 1 saturated heterocycles. The highest BCUT2D eigenvalue weighted by atomic mass is 31.1. The number of hydrogen-bond acceptors (Lipinski definition) is 10. The van der Waals surface area contributed by atoms with Crippen LogP contribution >= 0.6 is 8.25 Å². The topological polar surface area (TPSA) is 156 Å². The first kappa shape index (κ1) is 35.8. The van der Waals surface area contributed by atoms with Crippen LogP contribution in [-0.4, -0.2) is 69.5 Å². The molecule has 1 fully saturated rings. The van der Waals surface area contributed by atoms with Gasteiger partial charge < -0.3 is 24.3 Å². The van der Waals surface area contributed by atoms with E-state index in [9.17, 15) is 14.3 Å². The van der Waals surface area contributed by atoms with Gasteiger partial charge in [0, 0.05) is 10.1 Å². The summed E-state index contributed by atoms with van der Waals surface area (Å²) in [6, 6.07) is 32.7. The maximum absolute atomic E-state index is 16.5. The number of benzene rings is 4. The van der Waals surface area contributed by atoms with Crippen LogP contribution in [0.3, 0.4) is 0 Å². The molecular formula is C38H34FN5O8P+. The Bertz CT molecular complexity index is 2150. The highest BCUT2D eigenvalue weighted by molar-refractivity contribution is 7.32. The molecule has 2 aromatic heterocycles. The Balaban J connectivity index is 1.24. The van der Waals surface area contributed by atoms with E-state index in [1.807, 2.05) is 78.9 Å². The van der Waals surface area contributed by atoms with Gasteiger partial charge in [0.15, 0.2) is 35.5 Å². The number of nitrogens with zero attached hydrogens (tertiary/aromatic N) is 4. The second-order valence-corrected chi connectivity index (χ2v) is 12.7. The average Bonchev–Trinajstić information content (AvgIpc) is 3.76. The summed E-state index contributed by atoms with van der Waals surface area (Å²) in [5, 5.41) is 2.73. The lowest BCUT2D eigenvalue weighted by Crippen LogP contribution is -2.38. The number of nitrogens with one attached hydrogen (secondary N) is 1. The van der Waals surface area contributed by atoms with Gasteiger partial charge in [0.2, 0.25) is 0 Å². The molecule has 2 N–H and O–H groups in total. The number of hydrogen-bond donors (Lipinski definition) is 2. The van der Waals surface area contributed by atoms with Crippen molar-refractivity contribution in [1.82, 2.24) is 19.5 Å². The third kappa shape index (κ3) is 7.10.